The molecule has 0 aliphatic rings. The molecule has 0 bridgehead atoms. The molecule has 0 atom stereocenters. The molecule has 0 rings (SSSR count). The largest absolute Gasteiger partial charge is 0.412 e. The summed E-state index contributed by atoms with van der Waals surface area (Å²) in [7, 11) is -4.67. The Bertz CT molecular complexity index is 91.2. The molecular weight excluding hydrogens is 131 g/mol. The Morgan fingerprint density at radius 1 is 1.14 bits per heavy atom. The molecule has 0 spiro atoms. The standard InChI is InChI=1S/FH.H2O4S.H2O/c;1-5(2,3)4;/h1H;(H2,1,2,3,4);1H2. The van der Waals surface area contributed by atoms with Gasteiger partial charge < -0.3 is 5.48 Å². The molecule has 48 valence electrons. The van der Waals surface area contributed by atoms with Gasteiger partial charge in [-0.3, -0.25) is 13.8 Å². The molecule has 0 aliphatic heterocycles. The topological polar surface area (TPSA) is 106 Å². The lowest BCUT2D eigenvalue weighted by atomic mass is 15.8. The van der Waals surface area contributed by atoms with Crippen molar-refractivity contribution in [3.63, 3.8) is 0 Å². The maximum atomic E-state index is 8.74. The molecule has 5 nitrogen and oxygen atoms in total. The molecular formula is H5FO5S. The molecule has 7 heavy (non-hydrogen) atoms. The second-order valence-electron chi connectivity index (χ2n) is 0.448. The molecule has 0 radical (unpaired) electrons. The maximum Gasteiger partial charge on any atom is 0.394 e. The van der Waals surface area contributed by atoms with Crippen LogP contribution in [0.15, 0.2) is 0 Å². The molecule has 0 saturated carbocycles. The fourth-order valence-electron chi connectivity index (χ4n) is 0. The van der Waals surface area contributed by atoms with Gasteiger partial charge in [-0.2, -0.15) is 8.42 Å². The first kappa shape index (κ1) is 15.9. The van der Waals surface area contributed by atoms with E-state index in [9.17, 15) is 0 Å². The van der Waals surface area contributed by atoms with Gasteiger partial charge in [0.05, 0.1) is 0 Å². The fraction of sp³-hybridized carbons (Fsp3) is 0. The van der Waals surface area contributed by atoms with Gasteiger partial charge in [0.1, 0.15) is 0 Å². The van der Waals surface area contributed by atoms with E-state index in [0.717, 1.165) is 0 Å². The molecule has 7 heteroatoms. The van der Waals surface area contributed by atoms with Crippen molar-refractivity contribution < 1.29 is 27.7 Å². The normalized spacial score (nSPS) is 8.29. The molecule has 0 unspecified atom stereocenters. The van der Waals surface area contributed by atoms with Crippen LogP contribution in [0.1, 0.15) is 0 Å². The van der Waals surface area contributed by atoms with E-state index in [4.69, 9.17) is 17.5 Å². The quantitative estimate of drug-likeness (QED) is 0.402. The van der Waals surface area contributed by atoms with Crippen LogP contribution >= 0.6 is 0 Å². The lowest BCUT2D eigenvalue weighted by Gasteiger charge is -1.68. The van der Waals surface area contributed by atoms with Crippen molar-refractivity contribution in [3.8, 4) is 0 Å². The Hall–Kier alpha value is -0.240. The number of hydrogen-bond donors (Lipinski definition) is 2. The van der Waals surface area contributed by atoms with Crippen LogP contribution < -0.4 is 0 Å². The summed E-state index contributed by atoms with van der Waals surface area (Å²) >= 11 is 0. The highest BCUT2D eigenvalue weighted by Crippen LogP contribution is 1.59. The molecule has 0 aromatic carbocycles. The second kappa shape index (κ2) is 3.93. The van der Waals surface area contributed by atoms with Crippen LogP contribution in [-0.2, 0) is 10.4 Å². The molecule has 0 fully saturated rings. The minimum absolute atomic E-state index is 0. The van der Waals surface area contributed by atoms with Gasteiger partial charge in [0, 0.05) is 0 Å². The summed E-state index contributed by atoms with van der Waals surface area (Å²) in [5.74, 6) is 0. The molecule has 0 heterocycles. The van der Waals surface area contributed by atoms with Crippen LogP contribution in [0.5, 0.6) is 0 Å². The highest BCUT2D eigenvalue weighted by atomic mass is 32.3. The van der Waals surface area contributed by atoms with Gasteiger partial charge in [0.2, 0.25) is 0 Å². The fourth-order valence-corrected chi connectivity index (χ4v) is 0. The Kier molecular flexibility index (Phi) is 8.91. The summed E-state index contributed by atoms with van der Waals surface area (Å²) in [5, 5.41) is 0. The van der Waals surface area contributed by atoms with Gasteiger partial charge in [-0.1, -0.05) is 0 Å². The third kappa shape index (κ3) is 1410. The van der Waals surface area contributed by atoms with Crippen molar-refractivity contribution >= 4 is 10.4 Å². The Morgan fingerprint density at radius 3 is 1.14 bits per heavy atom. The van der Waals surface area contributed by atoms with Gasteiger partial charge in [-0.25, -0.2) is 0 Å². The van der Waals surface area contributed by atoms with Gasteiger partial charge in [-0.15, -0.1) is 0 Å². The van der Waals surface area contributed by atoms with Crippen LogP contribution in [-0.4, -0.2) is 23.0 Å². The molecule has 0 aromatic rings. The summed E-state index contributed by atoms with van der Waals surface area (Å²) < 4.78 is 31.6. The summed E-state index contributed by atoms with van der Waals surface area (Å²) in [6.07, 6.45) is 0. The average Bonchev–Trinajstić information content (AvgIpc) is 0.722. The van der Waals surface area contributed by atoms with Gasteiger partial charge in [0.25, 0.3) is 0 Å². The van der Waals surface area contributed by atoms with Crippen molar-refractivity contribution in [2.24, 2.45) is 0 Å². The highest BCUT2D eigenvalue weighted by Gasteiger charge is 1.84. The number of halogens is 1. The van der Waals surface area contributed by atoms with Crippen molar-refractivity contribution in [1.29, 1.82) is 0 Å². The van der Waals surface area contributed by atoms with Gasteiger partial charge in [0.15, 0.2) is 0 Å². The third-order valence-electron chi connectivity index (χ3n) is 0. The third-order valence-corrected chi connectivity index (χ3v) is 0. The summed E-state index contributed by atoms with van der Waals surface area (Å²) in [5.41, 5.74) is 0. The molecule has 0 aromatic heterocycles. The zero-order valence-corrected chi connectivity index (χ0v) is 3.84. The highest BCUT2D eigenvalue weighted by molar-refractivity contribution is 7.79. The van der Waals surface area contributed by atoms with Crippen molar-refractivity contribution in [2.75, 3.05) is 0 Å². The van der Waals surface area contributed by atoms with E-state index in [1.54, 1.807) is 0 Å². The van der Waals surface area contributed by atoms with E-state index in [2.05, 4.69) is 0 Å². The zero-order chi connectivity index (χ0) is 4.50. The van der Waals surface area contributed by atoms with E-state index in [1.807, 2.05) is 0 Å². The van der Waals surface area contributed by atoms with Crippen LogP contribution in [0, 0.1) is 0 Å². The zero-order valence-electron chi connectivity index (χ0n) is 3.03. The minimum atomic E-state index is -4.67. The van der Waals surface area contributed by atoms with E-state index >= 15 is 0 Å². The number of rotatable bonds is 0. The first-order chi connectivity index (χ1) is 2.00. The molecule has 0 saturated heterocycles. The van der Waals surface area contributed by atoms with E-state index in [1.165, 1.54) is 0 Å². The lowest BCUT2D eigenvalue weighted by molar-refractivity contribution is 0.381. The average molecular weight is 136 g/mol. The van der Waals surface area contributed by atoms with E-state index < -0.39 is 10.4 Å². The van der Waals surface area contributed by atoms with Crippen molar-refractivity contribution in [1.82, 2.24) is 0 Å². The van der Waals surface area contributed by atoms with Crippen LogP contribution in [0.3, 0.4) is 0 Å². The van der Waals surface area contributed by atoms with Crippen LogP contribution in [0.4, 0.5) is 4.70 Å². The molecule has 0 aliphatic carbocycles. The lowest BCUT2D eigenvalue weighted by Crippen LogP contribution is -1.89. The summed E-state index contributed by atoms with van der Waals surface area (Å²) in [6.45, 7) is 0. The molecule has 4 N–H and O–H groups in total. The monoisotopic (exact) mass is 136 g/mol. The van der Waals surface area contributed by atoms with Crippen LogP contribution in [0.2, 0.25) is 0 Å². The van der Waals surface area contributed by atoms with Crippen LogP contribution in [0.25, 0.3) is 0 Å². The van der Waals surface area contributed by atoms with Gasteiger partial charge >= 0.3 is 10.4 Å². The Balaban J connectivity index is -0.0000000800. The van der Waals surface area contributed by atoms with E-state index in [-0.39, 0.29) is 10.2 Å². The summed E-state index contributed by atoms with van der Waals surface area (Å²) in [6, 6.07) is 0. The maximum absolute atomic E-state index is 8.74. The first-order valence-electron chi connectivity index (χ1n) is 0.698. The smallest absolute Gasteiger partial charge is 0.394 e. The Labute approximate surface area is 39.2 Å². The van der Waals surface area contributed by atoms with E-state index in [0.29, 0.717) is 0 Å². The SMILES string of the molecule is F.O.O=S(=O)(O)O. The summed E-state index contributed by atoms with van der Waals surface area (Å²) in [4.78, 5) is 0. The van der Waals surface area contributed by atoms with Crippen molar-refractivity contribution in [2.45, 2.75) is 0 Å². The van der Waals surface area contributed by atoms with Gasteiger partial charge in [-0.05, 0) is 0 Å². The predicted molar refractivity (Wildman–Crippen MR) is 20.3 cm³/mol. The second-order valence-corrected chi connectivity index (χ2v) is 1.34. The van der Waals surface area contributed by atoms with Crippen molar-refractivity contribution in [3.05, 3.63) is 0 Å². The number of hydrogen-bond acceptors (Lipinski definition) is 2. The predicted octanol–water partition coefficient (Wildman–Crippen LogP) is -1.32. The Morgan fingerprint density at radius 2 is 1.14 bits per heavy atom. The first-order valence-corrected chi connectivity index (χ1v) is 2.10. The minimum Gasteiger partial charge on any atom is -0.412 e. The molecule has 0 amide bonds.